The monoisotopic (exact) mass is 613 g/mol. The van der Waals surface area contributed by atoms with E-state index in [-0.39, 0.29) is 25.0 Å². The Morgan fingerprint density at radius 3 is 2.57 bits per heavy atom. The summed E-state index contributed by atoms with van der Waals surface area (Å²) in [5.74, 6) is 0.466. The molecule has 0 radical (unpaired) electrons. The van der Waals surface area contributed by atoms with Crippen LogP contribution in [-0.4, -0.2) is 82.6 Å². The van der Waals surface area contributed by atoms with Crippen LogP contribution in [0.5, 0.6) is 11.6 Å². The highest BCUT2D eigenvalue weighted by atomic mass is 32.1. The number of β-amino-alcohol motifs (C(OH)–C–C–N with tert-alkyl or cyclic N) is 1. The molecule has 11 nitrogen and oxygen atoms in total. The van der Waals surface area contributed by atoms with Crippen LogP contribution in [-0.2, 0) is 10.2 Å². The number of aromatic nitrogens is 2. The first-order valence-corrected chi connectivity index (χ1v) is 15.2. The first kappa shape index (κ1) is 31.0. The molecule has 1 aliphatic rings. The second-order valence-corrected chi connectivity index (χ2v) is 12.2. The third-order valence-electron chi connectivity index (χ3n) is 7.51. The number of piperazine rings is 1. The third kappa shape index (κ3) is 7.56. The molecule has 0 unspecified atom stereocenters. The van der Waals surface area contributed by atoms with Gasteiger partial charge in [-0.25, -0.2) is 9.97 Å². The molecule has 12 heteroatoms. The molecule has 2 amide bonds. The summed E-state index contributed by atoms with van der Waals surface area (Å²) in [7, 11) is 0. The number of carbonyl (C=O) groups is 2. The van der Waals surface area contributed by atoms with Gasteiger partial charge in [-0.1, -0.05) is 29.5 Å². The largest absolute Gasteiger partial charge is 0.439 e. The summed E-state index contributed by atoms with van der Waals surface area (Å²) < 4.78 is 6.11. The molecule has 1 aliphatic heterocycles. The van der Waals surface area contributed by atoms with Gasteiger partial charge in [0.15, 0.2) is 5.13 Å². The number of pyridine rings is 1. The van der Waals surface area contributed by atoms with Gasteiger partial charge in [0.2, 0.25) is 11.8 Å². The standard InChI is InChI=1S/C32H35N7O4S/c1-21-7-8-24(34-29(42)22-5-4-6-23(17-22)32(2,3)20-33)18-26(21)43-28-10-9-25-30(37-28)44-31(35-25)36-27(41)19-39-13-11-38(12-14-39)15-16-40/h4-10,17-18,40H,11-16,19H2,1-3H3,(H,34,42)(H,35,36,41). The summed E-state index contributed by atoms with van der Waals surface area (Å²) in [5, 5.41) is 24.8. The van der Waals surface area contributed by atoms with E-state index in [2.05, 4.69) is 36.5 Å². The fourth-order valence-electron chi connectivity index (χ4n) is 4.80. The van der Waals surface area contributed by atoms with Crippen LogP contribution >= 0.6 is 11.3 Å². The highest BCUT2D eigenvalue weighted by Crippen LogP contribution is 2.31. The molecule has 1 saturated heterocycles. The van der Waals surface area contributed by atoms with Gasteiger partial charge in [-0.15, -0.1) is 0 Å². The number of benzene rings is 2. The van der Waals surface area contributed by atoms with Crippen molar-refractivity contribution < 1.29 is 19.4 Å². The topological polar surface area (TPSA) is 144 Å². The van der Waals surface area contributed by atoms with Gasteiger partial charge in [-0.3, -0.25) is 19.4 Å². The first-order valence-electron chi connectivity index (χ1n) is 14.4. The minimum atomic E-state index is -0.711. The summed E-state index contributed by atoms with van der Waals surface area (Å²) in [5.41, 5.74) is 2.57. The van der Waals surface area contributed by atoms with Crippen molar-refractivity contribution in [1.29, 1.82) is 5.26 Å². The van der Waals surface area contributed by atoms with Crippen molar-refractivity contribution in [3.05, 3.63) is 71.3 Å². The number of nitrogens with zero attached hydrogens (tertiary/aromatic N) is 5. The van der Waals surface area contributed by atoms with E-state index in [4.69, 9.17) is 9.84 Å². The smallest absolute Gasteiger partial charge is 0.255 e. The molecule has 0 atom stereocenters. The van der Waals surface area contributed by atoms with Crippen molar-refractivity contribution in [2.45, 2.75) is 26.2 Å². The number of rotatable bonds is 10. The fourth-order valence-corrected chi connectivity index (χ4v) is 5.65. The predicted molar refractivity (Wildman–Crippen MR) is 170 cm³/mol. The van der Waals surface area contributed by atoms with Crippen LogP contribution in [0.1, 0.15) is 35.3 Å². The molecule has 5 rings (SSSR count). The average Bonchev–Trinajstić information content (AvgIpc) is 3.41. The molecule has 3 N–H and O–H groups in total. The van der Waals surface area contributed by atoms with Crippen molar-refractivity contribution in [3.8, 4) is 17.7 Å². The van der Waals surface area contributed by atoms with E-state index in [1.807, 2.05) is 32.9 Å². The number of hydrogen-bond acceptors (Lipinski definition) is 10. The number of aliphatic hydroxyl groups is 1. The van der Waals surface area contributed by atoms with Gasteiger partial charge in [0, 0.05) is 56.1 Å². The number of aliphatic hydroxyl groups excluding tert-OH is 1. The molecular weight excluding hydrogens is 578 g/mol. The Hall–Kier alpha value is -4.41. The number of anilines is 2. The number of fused-ring (bicyclic) bond motifs is 1. The van der Waals surface area contributed by atoms with Crippen LogP contribution in [0.3, 0.4) is 0 Å². The van der Waals surface area contributed by atoms with Gasteiger partial charge in [0.05, 0.1) is 24.6 Å². The molecule has 0 aliphatic carbocycles. The Morgan fingerprint density at radius 2 is 1.82 bits per heavy atom. The molecule has 2 aromatic heterocycles. The predicted octanol–water partition coefficient (Wildman–Crippen LogP) is 4.39. The summed E-state index contributed by atoms with van der Waals surface area (Å²) >= 11 is 1.27. The Bertz CT molecular complexity index is 1710. The maximum absolute atomic E-state index is 13.0. The van der Waals surface area contributed by atoms with Crippen molar-refractivity contribution >= 4 is 44.3 Å². The SMILES string of the molecule is Cc1ccc(NC(=O)c2cccc(C(C)(C)C#N)c2)cc1Oc1ccc2nc(NC(=O)CN3CCN(CCO)CC3)sc2n1. The van der Waals surface area contributed by atoms with Gasteiger partial charge in [-0.05, 0) is 56.2 Å². The van der Waals surface area contributed by atoms with E-state index in [1.54, 1.807) is 42.5 Å². The van der Waals surface area contributed by atoms with Crippen LogP contribution < -0.4 is 15.4 Å². The first-order chi connectivity index (χ1) is 21.1. The van der Waals surface area contributed by atoms with Gasteiger partial charge < -0.3 is 20.5 Å². The lowest BCUT2D eigenvalue weighted by Gasteiger charge is -2.33. The van der Waals surface area contributed by atoms with E-state index < -0.39 is 5.41 Å². The lowest BCUT2D eigenvalue weighted by atomic mass is 9.85. The normalized spacial score (nSPS) is 14.2. The lowest BCUT2D eigenvalue weighted by molar-refractivity contribution is -0.117. The fraction of sp³-hybridized carbons (Fsp3) is 0.344. The van der Waals surface area contributed by atoms with Crippen molar-refractivity contribution in [1.82, 2.24) is 19.8 Å². The number of thiazole rings is 1. The van der Waals surface area contributed by atoms with Crippen molar-refractivity contribution in [2.24, 2.45) is 0 Å². The number of amides is 2. The number of nitriles is 1. The number of hydrogen-bond donors (Lipinski definition) is 3. The highest BCUT2D eigenvalue weighted by Gasteiger charge is 2.22. The summed E-state index contributed by atoms with van der Waals surface area (Å²) in [6.45, 7) is 9.80. The van der Waals surface area contributed by atoms with Gasteiger partial charge in [0.25, 0.3) is 5.91 Å². The molecule has 4 aromatic rings. The molecule has 0 spiro atoms. The zero-order valence-corrected chi connectivity index (χ0v) is 25.8. The van der Waals surface area contributed by atoms with E-state index in [9.17, 15) is 14.9 Å². The second kappa shape index (κ2) is 13.5. The minimum absolute atomic E-state index is 0.133. The summed E-state index contributed by atoms with van der Waals surface area (Å²) in [4.78, 5) is 39.7. The minimum Gasteiger partial charge on any atom is -0.439 e. The second-order valence-electron chi connectivity index (χ2n) is 11.2. The third-order valence-corrected chi connectivity index (χ3v) is 8.39. The van der Waals surface area contributed by atoms with Crippen LogP contribution in [0.4, 0.5) is 10.8 Å². The van der Waals surface area contributed by atoms with E-state index in [0.717, 1.165) is 37.3 Å². The molecule has 3 heterocycles. The molecule has 44 heavy (non-hydrogen) atoms. The van der Waals surface area contributed by atoms with Crippen LogP contribution in [0.25, 0.3) is 10.3 Å². The Labute approximate surface area is 260 Å². The maximum atomic E-state index is 13.0. The number of carbonyl (C=O) groups excluding carboxylic acids is 2. The van der Waals surface area contributed by atoms with Gasteiger partial charge >= 0.3 is 0 Å². The zero-order chi connectivity index (χ0) is 31.3. The van der Waals surface area contributed by atoms with Gasteiger partial charge in [0.1, 0.15) is 16.1 Å². The maximum Gasteiger partial charge on any atom is 0.255 e. The Morgan fingerprint density at radius 1 is 1.05 bits per heavy atom. The molecular formula is C32H35N7O4S. The van der Waals surface area contributed by atoms with E-state index in [0.29, 0.717) is 44.9 Å². The molecule has 1 fully saturated rings. The quantitative estimate of drug-likeness (QED) is 0.237. The number of aryl methyl sites for hydroxylation is 1. The number of nitrogens with one attached hydrogen (secondary N) is 2. The lowest BCUT2D eigenvalue weighted by Crippen LogP contribution is -2.49. The van der Waals surface area contributed by atoms with E-state index >= 15 is 0 Å². The molecule has 0 bridgehead atoms. The van der Waals surface area contributed by atoms with Crippen molar-refractivity contribution in [2.75, 3.05) is 56.5 Å². The highest BCUT2D eigenvalue weighted by molar-refractivity contribution is 7.21. The van der Waals surface area contributed by atoms with Crippen LogP contribution in [0.2, 0.25) is 0 Å². The van der Waals surface area contributed by atoms with Gasteiger partial charge in [-0.2, -0.15) is 5.26 Å². The Kier molecular flexibility index (Phi) is 9.51. The average molecular weight is 614 g/mol. The van der Waals surface area contributed by atoms with Crippen molar-refractivity contribution in [3.63, 3.8) is 0 Å². The molecule has 2 aromatic carbocycles. The van der Waals surface area contributed by atoms with Crippen LogP contribution in [0, 0.1) is 18.3 Å². The summed E-state index contributed by atoms with van der Waals surface area (Å²) in [6.07, 6.45) is 0. The van der Waals surface area contributed by atoms with Crippen LogP contribution in [0.15, 0.2) is 54.6 Å². The zero-order valence-electron chi connectivity index (χ0n) is 25.0. The molecule has 228 valence electrons. The number of ether oxygens (including phenoxy) is 1. The molecule has 0 saturated carbocycles. The Balaban J connectivity index is 1.22. The summed E-state index contributed by atoms with van der Waals surface area (Å²) in [6, 6.07) is 18.2. The van der Waals surface area contributed by atoms with E-state index in [1.165, 1.54) is 11.3 Å².